The first-order chi connectivity index (χ1) is 14.7. The number of carbonyl (C=O) groups is 2. The number of thiophene rings is 1. The number of carbonyl (C=O) groups excluding carboxylic acids is 2. The topological polar surface area (TPSA) is 64.7 Å². The summed E-state index contributed by atoms with van der Waals surface area (Å²) in [6.45, 7) is 6.37. The number of amides is 2. The van der Waals surface area contributed by atoms with Gasteiger partial charge in [-0.1, -0.05) is 49.7 Å². The van der Waals surface area contributed by atoms with Gasteiger partial charge >= 0.3 is 0 Å². The molecule has 0 bridgehead atoms. The van der Waals surface area contributed by atoms with Crippen LogP contribution in [0.5, 0.6) is 0 Å². The summed E-state index contributed by atoms with van der Waals surface area (Å²) < 4.78 is 0. The van der Waals surface area contributed by atoms with Gasteiger partial charge in [-0.3, -0.25) is 19.8 Å². The highest BCUT2D eigenvalue weighted by atomic mass is 32.1. The number of hydrogen-bond acceptors (Lipinski definition) is 5. The summed E-state index contributed by atoms with van der Waals surface area (Å²) in [5, 5.41) is 8.47. The van der Waals surface area contributed by atoms with Gasteiger partial charge in [0.05, 0.1) is 19.1 Å². The highest BCUT2D eigenvalue weighted by Gasteiger charge is 2.23. The normalized spacial score (nSPS) is 15.7. The van der Waals surface area contributed by atoms with E-state index in [9.17, 15) is 9.59 Å². The Labute approximate surface area is 183 Å². The quantitative estimate of drug-likeness (QED) is 0.571. The molecule has 0 aliphatic carbocycles. The molecule has 0 radical (unpaired) electrons. The van der Waals surface area contributed by atoms with E-state index < -0.39 is 0 Å². The second-order valence-electron chi connectivity index (χ2n) is 7.60. The molecule has 162 valence electrons. The molecular weight excluding hydrogens is 396 g/mol. The SMILES string of the molecule is CCCCNC(=O)CN1CCN(C(=O)CN[C@@H](c2ccccc2)c2cccs2)CC1. The fourth-order valence-corrected chi connectivity index (χ4v) is 4.43. The van der Waals surface area contributed by atoms with Crippen molar-refractivity contribution in [2.24, 2.45) is 0 Å². The monoisotopic (exact) mass is 428 g/mol. The maximum absolute atomic E-state index is 12.8. The fraction of sp³-hybridized carbons (Fsp3) is 0.478. The van der Waals surface area contributed by atoms with E-state index in [0.717, 1.165) is 38.0 Å². The van der Waals surface area contributed by atoms with Gasteiger partial charge in [-0.05, 0) is 23.4 Å². The number of piperazine rings is 1. The molecule has 2 heterocycles. The van der Waals surface area contributed by atoms with E-state index in [-0.39, 0.29) is 17.9 Å². The van der Waals surface area contributed by atoms with Crippen LogP contribution in [0.25, 0.3) is 0 Å². The molecule has 1 saturated heterocycles. The molecule has 0 saturated carbocycles. The van der Waals surface area contributed by atoms with Crippen molar-refractivity contribution in [2.45, 2.75) is 25.8 Å². The van der Waals surface area contributed by atoms with Crippen molar-refractivity contribution >= 4 is 23.2 Å². The van der Waals surface area contributed by atoms with Gasteiger partial charge in [0, 0.05) is 37.6 Å². The summed E-state index contributed by atoms with van der Waals surface area (Å²) in [6.07, 6.45) is 2.09. The first-order valence-corrected chi connectivity index (χ1v) is 11.6. The lowest BCUT2D eigenvalue weighted by Crippen LogP contribution is -2.52. The molecule has 1 fully saturated rings. The van der Waals surface area contributed by atoms with Crippen LogP contribution in [0.1, 0.15) is 36.2 Å². The Morgan fingerprint density at radius 3 is 2.50 bits per heavy atom. The van der Waals surface area contributed by atoms with Crippen molar-refractivity contribution in [1.82, 2.24) is 20.4 Å². The zero-order chi connectivity index (χ0) is 21.2. The Hall–Kier alpha value is -2.22. The van der Waals surface area contributed by atoms with Gasteiger partial charge in [-0.25, -0.2) is 0 Å². The number of hydrogen-bond donors (Lipinski definition) is 2. The Kier molecular flexibility index (Phi) is 8.86. The van der Waals surface area contributed by atoms with Crippen LogP contribution in [0.15, 0.2) is 47.8 Å². The van der Waals surface area contributed by atoms with Crippen LogP contribution in [0.2, 0.25) is 0 Å². The highest BCUT2D eigenvalue weighted by Crippen LogP contribution is 2.25. The van der Waals surface area contributed by atoms with Gasteiger partial charge in [0.15, 0.2) is 0 Å². The predicted octanol–water partition coefficient (Wildman–Crippen LogP) is 2.49. The molecule has 6 nitrogen and oxygen atoms in total. The third kappa shape index (κ3) is 6.65. The van der Waals surface area contributed by atoms with Crippen LogP contribution >= 0.6 is 11.3 Å². The number of unbranched alkanes of at least 4 members (excludes halogenated alkanes) is 1. The zero-order valence-corrected chi connectivity index (χ0v) is 18.5. The van der Waals surface area contributed by atoms with Crippen molar-refractivity contribution in [2.75, 3.05) is 45.8 Å². The van der Waals surface area contributed by atoms with Crippen LogP contribution < -0.4 is 10.6 Å². The molecule has 2 amide bonds. The Morgan fingerprint density at radius 2 is 1.83 bits per heavy atom. The summed E-state index contributed by atoms with van der Waals surface area (Å²) >= 11 is 1.69. The average Bonchev–Trinajstić information content (AvgIpc) is 3.30. The van der Waals surface area contributed by atoms with E-state index in [4.69, 9.17) is 0 Å². The third-order valence-electron chi connectivity index (χ3n) is 5.36. The van der Waals surface area contributed by atoms with E-state index in [0.29, 0.717) is 26.2 Å². The van der Waals surface area contributed by atoms with Crippen LogP contribution in [-0.2, 0) is 9.59 Å². The summed E-state index contributed by atoms with van der Waals surface area (Å²) in [7, 11) is 0. The highest BCUT2D eigenvalue weighted by molar-refractivity contribution is 7.10. The van der Waals surface area contributed by atoms with Crippen molar-refractivity contribution in [3.8, 4) is 0 Å². The van der Waals surface area contributed by atoms with Crippen molar-refractivity contribution < 1.29 is 9.59 Å². The fourth-order valence-electron chi connectivity index (χ4n) is 3.60. The maximum atomic E-state index is 12.8. The second-order valence-corrected chi connectivity index (χ2v) is 8.58. The minimum atomic E-state index is 0.0169. The number of benzene rings is 1. The van der Waals surface area contributed by atoms with Crippen molar-refractivity contribution in [1.29, 1.82) is 0 Å². The Morgan fingerprint density at radius 1 is 1.07 bits per heavy atom. The predicted molar refractivity (Wildman–Crippen MR) is 122 cm³/mol. The van der Waals surface area contributed by atoms with E-state index >= 15 is 0 Å². The molecule has 0 spiro atoms. The zero-order valence-electron chi connectivity index (χ0n) is 17.7. The van der Waals surface area contributed by atoms with Crippen LogP contribution in [0, 0.1) is 0 Å². The molecular formula is C23H32N4O2S. The summed E-state index contributed by atoms with van der Waals surface area (Å²) in [6, 6.07) is 14.4. The van der Waals surface area contributed by atoms with Crippen molar-refractivity contribution in [3.63, 3.8) is 0 Å². The standard InChI is InChI=1S/C23H32N4O2S/c1-2-3-11-24-21(28)18-26-12-14-27(15-13-26)22(29)17-25-23(20-10-7-16-30-20)19-8-5-4-6-9-19/h4-10,16,23,25H,2-3,11-15,17-18H2,1H3,(H,24,28)/t23-/m0/s1. The molecule has 30 heavy (non-hydrogen) atoms. The number of nitrogens with one attached hydrogen (secondary N) is 2. The minimum Gasteiger partial charge on any atom is -0.355 e. The smallest absolute Gasteiger partial charge is 0.236 e. The summed E-state index contributed by atoms with van der Waals surface area (Å²) in [5.41, 5.74) is 1.16. The minimum absolute atomic E-state index is 0.0169. The van der Waals surface area contributed by atoms with Gasteiger partial charge in [0.2, 0.25) is 11.8 Å². The third-order valence-corrected chi connectivity index (χ3v) is 6.30. The first-order valence-electron chi connectivity index (χ1n) is 10.8. The number of rotatable bonds is 10. The van der Waals surface area contributed by atoms with Gasteiger partial charge in [-0.15, -0.1) is 11.3 Å². The van der Waals surface area contributed by atoms with E-state index in [1.54, 1.807) is 11.3 Å². The molecule has 1 atom stereocenters. The summed E-state index contributed by atoms with van der Waals surface area (Å²) in [4.78, 5) is 30.0. The van der Waals surface area contributed by atoms with E-state index in [1.165, 1.54) is 4.88 Å². The van der Waals surface area contributed by atoms with Gasteiger partial charge in [0.1, 0.15) is 0 Å². The lowest BCUT2D eigenvalue weighted by Gasteiger charge is -2.34. The Bertz CT molecular complexity index is 774. The summed E-state index contributed by atoms with van der Waals surface area (Å²) in [5.74, 6) is 0.186. The van der Waals surface area contributed by atoms with Crippen LogP contribution in [0.4, 0.5) is 0 Å². The van der Waals surface area contributed by atoms with E-state index in [1.807, 2.05) is 29.2 Å². The molecule has 1 aromatic heterocycles. The van der Waals surface area contributed by atoms with Crippen LogP contribution in [0.3, 0.4) is 0 Å². The molecule has 7 heteroatoms. The lowest BCUT2D eigenvalue weighted by molar-refractivity contribution is -0.132. The van der Waals surface area contributed by atoms with Crippen molar-refractivity contribution in [3.05, 3.63) is 58.3 Å². The first kappa shape index (κ1) is 22.5. The van der Waals surface area contributed by atoms with Gasteiger partial charge in [-0.2, -0.15) is 0 Å². The molecule has 2 N–H and O–H groups in total. The van der Waals surface area contributed by atoms with Gasteiger partial charge < -0.3 is 10.2 Å². The second kappa shape index (κ2) is 11.8. The molecule has 0 unspecified atom stereocenters. The largest absolute Gasteiger partial charge is 0.355 e. The van der Waals surface area contributed by atoms with Gasteiger partial charge in [0.25, 0.3) is 0 Å². The Balaban J connectivity index is 1.45. The molecule has 1 aliphatic rings. The molecule has 1 aromatic carbocycles. The molecule has 2 aromatic rings. The maximum Gasteiger partial charge on any atom is 0.236 e. The number of nitrogens with zero attached hydrogens (tertiary/aromatic N) is 2. The van der Waals surface area contributed by atoms with E-state index in [2.05, 4.69) is 46.0 Å². The lowest BCUT2D eigenvalue weighted by atomic mass is 10.1. The molecule has 1 aliphatic heterocycles. The average molecular weight is 429 g/mol. The van der Waals surface area contributed by atoms with Crippen LogP contribution in [-0.4, -0.2) is 67.4 Å². The molecule has 3 rings (SSSR count).